The Balaban J connectivity index is 2.18. The number of carbonyl (C=O) groups is 1. The van der Waals surface area contributed by atoms with Crippen molar-refractivity contribution in [1.82, 2.24) is 10.2 Å². The Hall–Kier alpha value is -0.650. The van der Waals surface area contributed by atoms with E-state index >= 15 is 0 Å². The van der Waals surface area contributed by atoms with Crippen LogP contribution in [0.15, 0.2) is 0 Å². The van der Waals surface area contributed by atoms with E-state index in [4.69, 9.17) is 9.47 Å². The largest absolute Gasteiger partial charge is 0.468 e. The van der Waals surface area contributed by atoms with Gasteiger partial charge in [0.1, 0.15) is 5.54 Å². The standard InChI is InChI=1S/C16H32N2O3/c1-16(17-2,15(19)21-4)9-5-6-10-18-11-7-14(8-12-18)13-20-3/h14,17H,5-13H2,1-4H3. The zero-order valence-electron chi connectivity index (χ0n) is 14.1. The van der Waals surface area contributed by atoms with Gasteiger partial charge in [0.25, 0.3) is 0 Å². The average molecular weight is 300 g/mol. The molecule has 124 valence electrons. The summed E-state index contributed by atoms with van der Waals surface area (Å²) in [4.78, 5) is 14.3. The first-order valence-electron chi connectivity index (χ1n) is 8.04. The van der Waals surface area contributed by atoms with Gasteiger partial charge in [0, 0.05) is 13.7 Å². The number of likely N-dealkylation sites (N-methyl/N-ethyl adjacent to an activating group) is 1. The number of nitrogens with one attached hydrogen (secondary N) is 1. The van der Waals surface area contributed by atoms with Crippen LogP contribution >= 0.6 is 0 Å². The fourth-order valence-corrected chi connectivity index (χ4v) is 2.98. The minimum Gasteiger partial charge on any atom is -0.468 e. The minimum absolute atomic E-state index is 0.176. The molecule has 1 atom stereocenters. The van der Waals surface area contributed by atoms with E-state index in [0.29, 0.717) is 0 Å². The molecule has 0 spiro atoms. The van der Waals surface area contributed by atoms with Crippen molar-refractivity contribution < 1.29 is 14.3 Å². The number of methoxy groups -OCH3 is 2. The predicted molar refractivity (Wildman–Crippen MR) is 84.4 cm³/mol. The number of esters is 1. The second-order valence-corrected chi connectivity index (χ2v) is 6.27. The van der Waals surface area contributed by atoms with Crippen LogP contribution in [0.4, 0.5) is 0 Å². The topological polar surface area (TPSA) is 50.8 Å². The summed E-state index contributed by atoms with van der Waals surface area (Å²) in [5.41, 5.74) is -0.555. The maximum absolute atomic E-state index is 11.8. The summed E-state index contributed by atoms with van der Waals surface area (Å²) in [6, 6.07) is 0. The third kappa shape index (κ3) is 5.93. The Kier molecular flexibility index (Phi) is 8.22. The zero-order valence-corrected chi connectivity index (χ0v) is 14.1. The van der Waals surface area contributed by atoms with Crippen LogP contribution < -0.4 is 5.32 Å². The van der Waals surface area contributed by atoms with Crippen LogP contribution in [-0.4, -0.2) is 63.9 Å². The number of carbonyl (C=O) groups excluding carboxylic acids is 1. The molecule has 1 rings (SSSR count). The third-order valence-corrected chi connectivity index (χ3v) is 4.70. The van der Waals surface area contributed by atoms with E-state index in [1.54, 1.807) is 7.11 Å². The van der Waals surface area contributed by atoms with Gasteiger partial charge in [-0.05, 0) is 71.6 Å². The summed E-state index contributed by atoms with van der Waals surface area (Å²) in [5, 5.41) is 3.09. The van der Waals surface area contributed by atoms with E-state index in [-0.39, 0.29) is 5.97 Å². The molecule has 0 bridgehead atoms. The number of likely N-dealkylation sites (tertiary alicyclic amines) is 1. The van der Waals surface area contributed by atoms with Gasteiger partial charge in [0.15, 0.2) is 0 Å². The molecule has 0 radical (unpaired) electrons. The van der Waals surface area contributed by atoms with Crippen LogP contribution in [0.5, 0.6) is 0 Å². The highest BCUT2D eigenvalue weighted by Gasteiger charge is 2.31. The lowest BCUT2D eigenvalue weighted by molar-refractivity contribution is -0.148. The van der Waals surface area contributed by atoms with Crippen LogP contribution in [0.2, 0.25) is 0 Å². The van der Waals surface area contributed by atoms with Crippen LogP contribution in [0, 0.1) is 5.92 Å². The predicted octanol–water partition coefficient (Wildman–Crippen LogP) is 1.67. The SMILES string of the molecule is CNC(C)(CCCCN1CCC(COC)CC1)C(=O)OC. The monoisotopic (exact) mass is 300 g/mol. The molecular formula is C16H32N2O3. The van der Waals surface area contributed by atoms with Crippen molar-refractivity contribution in [1.29, 1.82) is 0 Å². The molecule has 1 heterocycles. The van der Waals surface area contributed by atoms with E-state index in [2.05, 4.69) is 10.2 Å². The molecule has 0 aromatic heterocycles. The summed E-state index contributed by atoms with van der Waals surface area (Å²) in [6.07, 6.45) is 5.46. The molecule has 5 heteroatoms. The van der Waals surface area contributed by atoms with Gasteiger partial charge >= 0.3 is 5.97 Å². The molecule has 21 heavy (non-hydrogen) atoms. The van der Waals surface area contributed by atoms with E-state index in [0.717, 1.165) is 38.3 Å². The number of rotatable bonds is 9. The summed E-state index contributed by atoms with van der Waals surface area (Å²) in [6.45, 7) is 6.28. The number of nitrogens with zero attached hydrogens (tertiary/aromatic N) is 1. The van der Waals surface area contributed by atoms with E-state index in [1.165, 1.54) is 33.0 Å². The number of hydrogen-bond acceptors (Lipinski definition) is 5. The highest BCUT2D eigenvalue weighted by atomic mass is 16.5. The molecule has 0 aliphatic carbocycles. The molecule has 1 fully saturated rings. The highest BCUT2D eigenvalue weighted by Crippen LogP contribution is 2.19. The van der Waals surface area contributed by atoms with Crippen molar-refractivity contribution in [3.63, 3.8) is 0 Å². The van der Waals surface area contributed by atoms with Crippen LogP contribution in [0.25, 0.3) is 0 Å². The van der Waals surface area contributed by atoms with Gasteiger partial charge in [0.05, 0.1) is 7.11 Å². The number of hydrogen-bond donors (Lipinski definition) is 1. The Morgan fingerprint density at radius 2 is 1.95 bits per heavy atom. The van der Waals surface area contributed by atoms with Crippen LogP contribution in [0.1, 0.15) is 39.0 Å². The minimum atomic E-state index is -0.555. The molecule has 0 aromatic carbocycles. The van der Waals surface area contributed by atoms with E-state index in [1.807, 2.05) is 14.0 Å². The van der Waals surface area contributed by atoms with Crippen molar-refractivity contribution in [2.24, 2.45) is 5.92 Å². The first kappa shape index (κ1) is 18.4. The molecule has 1 unspecified atom stereocenters. The lowest BCUT2D eigenvalue weighted by Crippen LogP contribution is -2.48. The average Bonchev–Trinajstić information content (AvgIpc) is 2.52. The first-order valence-corrected chi connectivity index (χ1v) is 8.04. The van der Waals surface area contributed by atoms with Gasteiger partial charge in [-0.25, -0.2) is 0 Å². The molecule has 0 aromatic rings. The zero-order chi connectivity index (χ0) is 15.7. The van der Waals surface area contributed by atoms with Crippen molar-refractivity contribution in [2.45, 2.75) is 44.6 Å². The molecule has 0 amide bonds. The van der Waals surface area contributed by atoms with Crippen molar-refractivity contribution in [3.05, 3.63) is 0 Å². The number of ether oxygens (including phenoxy) is 2. The lowest BCUT2D eigenvalue weighted by Gasteiger charge is -2.32. The van der Waals surface area contributed by atoms with Crippen LogP contribution in [0.3, 0.4) is 0 Å². The van der Waals surface area contributed by atoms with E-state index in [9.17, 15) is 4.79 Å². The highest BCUT2D eigenvalue weighted by molar-refractivity contribution is 5.80. The number of unbranched alkanes of at least 4 members (excludes halogenated alkanes) is 1. The van der Waals surface area contributed by atoms with Crippen molar-refractivity contribution in [3.8, 4) is 0 Å². The summed E-state index contributed by atoms with van der Waals surface area (Å²) in [7, 11) is 5.05. The summed E-state index contributed by atoms with van der Waals surface area (Å²) < 4.78 is 10.1. The summed E-state index contributed by atoms with van der Waals surface area (Å²) in [5.74, 6) is 0.559. The summed E-state index contributed by atoms with van der Waals surface area (Å²) >= 11 is 0. The Morgan fingerprint density at radius 3 is 2.48 bits per heavy atom. The fraction of sp³-hybridized carbons (Fsp3) is 0.938. The molecular weight excluding hydrogens is 268 g/mol. The van der Waals surface area contributed by atoms with Crippen molar-refractivity contribution >= 4 is 5.97 Å². The quantitative estimate of drug-likeness (QED) is 0.518. The first-order chi connectivity index (χ1) is 10.1. The van der Waals surface area contributed by atoms with Gasteiger partial charge in [-0.2, -0.15) is 0 Å². The second kappa shape index (κ2) is 9.38. The molecule has 0 saturated carbocycles. The number of piperidine rings is 1. The van der Waals surface area contributed by atoms with Gasteiger partial charge in [0.2, 0.25) is 0 Å². The fourth-order valence-electron chi connectivity index (χ4n) is 2.98. The van der Waals surface area contributed by atoms with Crippen molar-refractivity contribution in [2.75, 3.05) is 47.5 Å². The smallest absolute Gasteiger partial charge is 0.325 e. The second-order valence-electron chi connectivity index (χ2n) is 6.27. The Morgan fingerprint density at radius 1 is 1.29 bits per heavy atom. The normalized spacial score (nSPS) is 20.2. The molecule has 5 nitrogen and oxygen atoms in total. The maximum Gasteiger partial charge on any atom is 0.325 e. The Bertz CT molecular complexity index is 304. The van der Waals surface area contributed by atoms with Gasteiger partial charge in [-0.1, -0.05) is 0 Å². The van der Waals surface area contributed by atoms with Gasteiger partial charge in [-0.3, -0.25) is 4.79 Å². The van der Waals surface area contributed by atoms with Gasteiger partial charge < -0.3 is 19.7 Å². The molecule has 1 saturated heterocycles. The molecule has 1 N–H and O–H groups in total. The van der Waals surface area contributed by atoms with E-state index < -0.39 is 5.54 Å². The maximum atomic E-state index is 11.8. The lowest BCUT2D eigenvalue weighted by atomic mass is 9.94. The molecule has 1 aliphatic rings. The Labute approximate surface area is 129 Å². The van der Waals surface area contributed by atoms with Crippen LogP contribution in [-0.2, 0) is 14.3 Å². The molecule has 1 aliphatic heterocycles. The van der Waals surface area contributed by atoms with Gasteiger partial charge in [-0.15, -0.1) is 0 Å². The third-order valence-electron chi connectivity index (χ3n) is 4.70.